The molecule has 2 N–H and O–H groups in total. The number of hydrogen-bond acceptors (Lipinski definition) is 4. The van der Waals surface area contributed by atoms with Crippen LogP contribution in [0.2, 0.25) is 0 Å². The maximum absolute atomic E-state index is 13.3. The van der Waals surface area contributed by atoms with Gasteiger partial charge in [0.1, 0.15) is 0 Å². The van der Waals surface area contributed by atoms with Gasteiger partial charge in [0.25, 0.3) is 5.91 Å². The highest BCUT2D eigenvalue weighted by molar-refractivity contribution is 6.37. The third-order valence-corrected chi connectivity index (χ3v) is 6.53. The minimum absolute atomic E-state index is 0.0110. The van der Waals surface area contributed by atoms with Gasteiger partial charge < -0.3 is 20.4 Å². The fraction of sp³-hybridized carbons (Fsp3) is 0.125. The topological polar surface area (TPSA) is 64.7 Å². The Labute approximate surface area is 223 Å². The van der Waals surface area contributed by atoms with Gasteiger partial charge in [0, 0.05) is 29.7 Å². The standard InChI is InChI=1S/C32H30N4O2/c1-35(2)21-29(37)36(3)26-17-15-25(16-18-26)33-31(23-12-8-5-9-13-23)30-27-19-14-24(20-28(27)34-32(30)38)22-10-6-4-7-11-22/h4-20,33H,21H2,1-3H3,(H,34,38)/b31-30+. The number of fused-ring (bicyclic) bond motifs is 1. The Hall–Kier alpha value is -4.68. The maximum Gasteiger partial charge on any atom is 0.258 e. The highest BCUT2D eigenvalue weighted by Gasteiger charge is 2.29. The summed E-state index contributed by atoms with van der Waals surface area (Å²) in [5, 5.41) is 6.55. The van der Waals surface area contributed by atoms with Crippen LogP contribution in [0.4, 0.5) is 17.1 Å². The van der Waals surface area contributed by atoms with E-state index in [1.54, 1.807) is 11.9 Å². The van der Waals surface area contributed by atoms with Crippen molar-refractivity contribution in [1.82, 2.24) is 4.90 Å². The van der Waals surface area contributed by atoms with E-state index in [1.165, 1.54) is 0 Å². The smallest absolute Gasteiger partial charge is 0.258 e. The molecule has 1 aliphatic heterocycles. The molecule has 0 aliphatic carbocycles. The molecule has 6 nitrogen and oxygen atoms in total. The highest BCUT2D eigenvalue weighted by Crippen LogP contribution is 2.39. The Bertz CT molecular complexity index is 1490. The van der Waals surface area contributed by atoms with Crippen LogP contribution in [-0.2, 0) is 9.59 Å². The molecule has 0 unspecified atom stereocenters. The van der Waals surface area contributed by atoms with Crippen LogP contribution >= 0.6 is 0 Å². The molecule has 0 fully saturated rings. The van der Waals surface area contributed by atoms with Crippen LogP contribution in [0, 0.1) is 0 Å². The third-order valence-electron chi connectivity index (χ3n) is 6.53. The van der Waals surface area contributed by atoms with Gasteiger partial charge in [-0.05, 0) is 61.1 Å². The van der Waals surface area contributed by atoms with Crippen molar-refractivity contribution in [3.8, 4) is 11.1 Å². The lowest BCUT2D eigenvalue weighted by Gasteiger charge is -2.20. The van der Waals surface area contributed by atoms with Crippen molar-refractivity contribution >= 4 is 40.1 Å². The number of rotatable bonds is 7. The molecule has 0 bridgehead atoms. The number of amides is 2. The Morgan fingerprint density at radius 1 is 0.789 bits per heavy atom. The lowest BCUT2D eigenvalue weighted by Crippen LogP contribution is -2.34. The zero-order chi connectivity index (χ0) is 26.6. The van der Waals surface area contributed by atoms with E-state index in [1.807, 2.05) is 110 Å². The van der Waals surface area contributed by atoms with Crippen molar-refractivity contribution in [1.29, 1.82) is 0 Å². The van der Waals surface area contributed by atoms with Crippen LogP contribution in [0.3, 0.4) is 0 Å². The SMILES string of the molecule is CN(C)CC(=O)N(C)c1ccc(N/C(=C2/C(=O)Nc3cc(-c4ccccc4)ccc32)c2ccccc2)cc1. The maximum atomic E-state index is 13.3. The zero-order valence-electron chi connectivity index (χ0n) is 21.7. The fourth-order valence-corrected chi connectivity index (χ4v) is 4.55. The van der Waals surface area contributed by atoms with E-state index in [2.05, 4.69) is 22.8 Å². The van der Waals surface area contributed by atoms with Crippen molar-refractivity contribution < 1.29 is 9.59 Å². The number of likely N-dealkylation sites (N-methyl/N-ethyl adjacent to an activating group) is 2. The molecular formula is C32H30N4O2. The van der Waals surface area contributed by atoms with E-state index < -0.39 is 0 Å². The monoisotopic (exact) mass is 502 g/mol. The average molecular weight is 503 g/mol. The van der Waals surface area contributed by atoms with Gasteiger partial charge in [0.05, 0.1) is 17.8 Å². The summed E-state index contributed by atoms with van der Waals surface area (Å²) in [6, 6.07) is 33.7. The number of carbonyl (C=O) groups is 2. The van der Waals surface area contributed by atoms with Crippen molar-refractivity contribution in [2.75, 3.05) is 43.2 Å². The molecule has 0 saturated carbocycles. The lowest BCUT2D eigenvalue weighted by molar-refractivity contribution is -0.119. The number of nitrogens with zero attached hydrogens (tertiary/aromatic N) is 2. The fourth-order valence-electron chi connectivity index (χ4n) is 4.55. The first-order valence-corrected chi connectivity index (χ1v) is 12.5. The number of anilines is 3. The molecule has 0 radical (unpaired) electrons. The summed E-state index contributed by atoms with van der Waals surface area (Å²) >= 11 is 0. The Morgan fingerprint density at radius 3 is 2.11 bits per heavy atom. The van der Waals surface area contributed by atoms with Gasteiger partial charge in [-0.15, -0.1) is 0 Å². The molecule has 4 aromatic rings. The van der Waals surface area contributed by atoms with Crippen LogP contribution in [-0.4, -0.2) is 44.4 Å². The summed E-state index contributed by atoms with van der Waals surface area (Å²) < 4.78 is 0. The Kier molecular flexibility index (Phi) is 7.07. The van der Waals surface area contributed by atoms with Crippen LogP contribution in [0.1, 0.15) is 11.1 Å². The minimum Gasteiger partial charge on any atom is -0.354 e. The Balaban J connectivity index is 1.51. The first-order valence-electron chi connectivity index (χ1n) is 12.5. The van der Waals surface area contributed by atoms with E-state index in [0.717, 1.165) is 45.0 Å². The van der Waals surface area contributed by atoms with Crippen LogP contribution in [0.5, 0.6) is 0 Å². The minimum atomic E-state index is -0.151. The first kappa shape index (κ1) is 25.0. The van der Waals surface area contributed by atoms with Gasteiger partial charge >= 0.3 is 0 Å². The Morgan fingerprint density at radius 2 is 1.45 bits per heavy atom. The molecule has 0 aromatic heterocycles. The predicted octanol–water partition coefficient (Wildman–Crippen LogP) is 5.81. The molecule has 0 atom stereocenters. The van der Waals surface area contributed by atoms with Crippen molar-refractivity contribution in [2.45, 2.75) is 0 Å². The average Bonchev–Trinajstić information content (AvgIpc) is 3.27. The van der Waals surface area contributed by atoms with Gasteiger partial charge in [-0.25, -0.2) is 0 Å². The van der Waals surface area contributed by atoms with E-state index in [9.17, 15) is 9.59 Å². The molecule has 1 heterocycles. The number of carbonyl (C=O) groups excluding carboxylic acids is 2. The van der Waals surface area contributed by atoms with E-state index in [-0.39, 0.29) is 11.8 Å². The second-order valence-electron chi connectivity index (χ2n) is 9.56. The van der Waals surface area contributed by atoms with Gasteiger partial charge in [-0.2, -0.15) is 0 Å². The largest absolute Gasteiger partial charge is 0.354 e. The van der Waals surface area contributed by atoms with E-state index in [4.69, 9.17) is 0 Å². The molecule has 190 valence electrons. The molecule has 4 aromatic carbocycles. The molecule has 6 heteroatoms. The zero-order valence-corrected chi connectivity index (χ0v) is 21.7. The summed E-state index contributed by atoms with van der Waals surface area (Å²) in [6.45, 7) is 0.335. The molecule has 1 aliphatic rings. The molecule has 5 rings (SSSR count). The highest BCUT2D eigenvalue weighted by atomic mass is 16.2. The number of hydrogen-bond donors (Lipinski definition) is 2. The summed E-state index contributed by atoms with van der Waals surface area (Å²) in [7, 11) is 5.52. The summed E-state index contributed by atoms with van der Waals surface area (Å²) in [5.74, 6) is -0.140. The predicted molar refractivity (Wildman–Crippen MR) is 156 cm³/mol. The van der Waals surface area contributed by atoms with Gasteiger partial charge in [-0.3, -0.25) is 9.59 Å². The number of benzene rings is 4. The number of nitrogens with one attached hydrogen (secondary N) is 2. The van der Waals surface area contributed by atoms with Gasteiger partial charge in [0.2, 0.25) is 5.91 Å². The molecule has 2 amide bonds. The van der Waals surface area contributed by atoms with Gasteiger partial charge in [-0.1, -0.05) is 72.8 Å². The molecular weight excluding hydrogens is 472 g/mol. The summed E-state index contributed by atoms with van der Waals surface area (Å²) in [5.41, 5.74) is 7.61. The van der Waals surface area contributed by atoms with Crippen molar-refractivity contribution in [2.24, 2.45) is 0 Å². The van der Waals surface area contributed by atoms with E-state index in [0.29, 0.717) is 12.1 Å². The van der Waals surface area contributed by atoms with Crippen molar-refractivity contribution in [3.63, 3.8) is 0 Å². The first-order chi connectivity index (χ1) is 18.4. The molecule has 0 saturated heterocycles. The summed E-state index contributed by atoms with van der Waals surface area (Å²) in [6.07, 6.45) is 0. The van der Waals surface area contributed by atoms with Crippen LogP contribution in [0.15, 0.2) is 103 Å². The van der Waals surface area contributed by atoms with Crippen LogP contribution < -0.4 is 15.5 Å². The lowest BCUT2D eigenvalue weighted by atomic mass is 9.97. The second-order valence-corrected chi connectivity index (χ2v) is 9.56. The van der Waals surface area contributed by atoms with Gasteiger partial charge in [0.15, 0.2) is 0 Å². The summed E-state index contributed by atoms with van der Waals surface area (Å²) in [4.78, 5) is 29.3. The second kappa shape index (κ2) is 10.7. The normalized spacial score (nSPS) is 13.6. The molecule has 0 spiro atoms. The quantitative estimate of drug-likeness (QED) is 0.313. The third kappa shape index (κ3) is 5.21. The van der Waals surface area contributed by atoms with Crippen molar-refractivity contribution in [3.05, 3.63) is 114 Å². The van der Waals surface area contributed by atoms with E-state index >= 15 is 0 Å². The molecule has 38 heavy (non-hydrogen) atoms. The van der Waals surface area contributed by atoms with Crippen LogP contribution in [0.25, 0.3) is 22.4 Å².